The van der Waals surface area contributed by atoms with Crippen molar-refractivity contribution in [1.82, 2.24) is 5.32 Å². The zero-order chi connectivity index (χ0) is 15.5. The summed E-state index contributed by atoms with van der Waals surface area (Å²) in [7, 11) is 0. The zero-order valence-corrected chi connectivity index (χ0v) is 12.0. The molecule has 0 aromatic heterocycles. The minimum atomic E-state index is -0.827. The number of nitrogens with zero attached hydrogens (tertiary/aromatic N) is 1. The van der Waals surface area contributed by atoms with Crippen molar-refractivity contribution < 1.29 is 14.4 Å². The Morgan fingerprint density at radius 3 is 2.48 bits per heavy atom. The second-order valence-corrected chi connectivity index (χ2v) is 5.71. The molecule has 2 rings (SSSR count). The molecule has 1 aliphatic rings. The van der Waals surface area contributed by atoms with Crippen molar-refractivity contribution in [3.63, 3.8) is 0 Å². The Morgan fingerprint density at radius 1 is 1.38 bits per heavy atom. The maximum Gasteiger partial charge on any atom is 0.252 e. The normalized spacial score (nSPS) is 26.4. The van der Waals surface area contributed by atoms with Gasteiger partial charge < -0.3 is 16.3 Å². The third-order valence-corrected chi connectivity index (χ3v) is 4.19. The Bertz CT molecular complexity index is 534. The lowest BCUT2D eigenvalue weighted by Crippen LogP contribution is -2.59. The predicted octanol–water partition coefficient (Wildman–Crippen LogP) is 2.25. The van der Waals surface area contributed by atoms with E-state index in [1.807, 2.05) is 0 Å². The number of nitrogens with two attached hydrogens (primary N) is 1. The average Bonchev–Trinajstić information content (AvgIpc) is 2.49. The van der Waals surface area contributed by atoms with Gasteiger partial charge in [-0.3, -0.25) is 4.79 Å². The average molecular weight is 293 g/mol. The summed E-state index contributed by atoms with van der Waals surface area (Å²) >= 11 is 0. The molecular formula is C15H20FN3O2. The molecule has 114 valence electrons. The molecule has 21 heavy (non-hydrogen) atoms. The second kappa shape index (κ2) is 6.11. The van der Waals surface area contributed by atoms with Crippen molar-refractivity contribution in [3.05, 3.63) is 35.6 Å². The van der Waals surface area contributed by atoms with Crippen molar-refractivity contribution in [2.45, 2.75) is 38.1 Å². The van der Waals surface area contributed by atoms with E-state index in [0.29, 0.717) is 24.3 Å². The van der Waals surface area contributed by atoms with Crippen molar-refractivity contribution in [3.8, 4) is 0 Å². The van der Waals surface area contributed by atoms with Crippen LogP contribution in [0.2, 0.25) is 0 Å². The molecule has 0 unspecified atom stereocenters. The predicted molar refractivity (Wildman–Crippen MR) is 77.6 cm³/mol. The van der Waals surface area contributed by atoms with Gasteiger partial charge in [0.25, 0.3) is 5.91 Å². The fraction of sp³-hybridized carbons (Fsp3) is 0.467. The van der Waals surface area contributed by atoms with Crippen LogP contribution in [0.3, 0.4) is 0 Å². The number of halogens is 1. The van der Waals surface area contributed by atoms with Crippen LogP contribution in [0.1, 0.15) is 43.0 Å². The van der Waals surface area contributed by atoms with Crippen LogP contribution in [-0.4, -0.2) is 22.5 Å². The molecule has 6 heteroatoms. The molecular weight excluding hydrogens is 273 g/mol. The third kappa shape index (κ3) is 3.32. The van der Waals surface area contributed by atoms with E-state index in [9.17, 15) is 9.18 Å². The summed E-state index contributed by atoms with van der Waals surface area (Å²) in [5, 5.41) is 15.0. The number of hydrogen-bond acceptors (Lipinski definition) is 3. The fourth-order valence-electron chi connectivity index (χ4n) is 2.69. The second-order valence-electron chi connectivity index (χ2n) is 5.71. The van der Waals surface area contributed by atoms with E-state index in [-0.39, 0.29) is 11.7 Å². The van der Waals surface area contributed by atoms with Gasteiger partial charge in [0.2, 0.25) is 0 Å². The first-order chi connectivity index (χ1) is 9.97. The van der Waals surface area contributed by atoms with Crippen molar-refractivity contribution in [2.24, 2.45) is 16.8 Å². The number of hydrogen-bond donors (Lipinski definition) is 3. The van der Waals surface area contributed by atoms with Gasteiger partial charge in [0, 0.05) is 5.56 Å². The summed E-state index contributed by atoms with van der Waals surface area (Å²) in [5.74, 6) is -0.183. The molecule has 0 bridgehead atoms. The van der Waals surface area contributed by atoms with Crippen LogP contribution in [-0.2, 0) is 0 Å². The highest BCUT2D eigenvalue weighted by Crippen LogP contribution is 2.32. The zero-order valence-electron chi connectivity index (χ0n) is 12.0. The third-order valence-electron chi connectivity index (χ3n) is 4.19. The summed E-state index contributed by atoms with van der Waals surface area (Å²) in [6.07, 6.45) is 3.02. The van der Waals surface area contributed by atoms with Crippen molar-refractivity contribution in [2.75, 3.05) is 0 Å². The van der Waals surface area contributed by atoms with Gasteiger partial charge in [-0.25, -0.2) is 4.39 Å². The van der Waals surface area contributed by atoms with Crippen molar-refractivity contribution >= 4 is 11.7 Å². The Morgan fingerprint density at radius 2 is 1.95 bits per heavy atom. The van der Waals surface area contributed by atoms with Crippen LogP contribution in [0.5, 0.6) is 0 Å². The lowest BCUT2D eigenvalue weighted by Gasteiger charge is -2.38. The van der Waals surface area contributed by atoms with E-state index in [1.54, 1.807) is 0 Å². The molecule has 1 fully saturated rings. The number of amidine groups is 1. The van der Waals surface area contributed by atoms with E-state index in [1.165, 1.54) is 24.3 Å². The highest BCUT2D eigenvalue weighted by molar-refractivity contribution is 6.00. The Kier molecular flexibility index (Phi) is 4.45. The summed E-state index contributed by atoms with van der Waals surface area (Å²) in [6, 6.07) is 5.29. The minimum absolute atomic E-state index is 0.0184. The standard InChI is InChI=1S/C15H20FN3O2/c1-10-6-8-15(9-7-10,14(17)19-21)18-13(20)11-2-4-12(16)5-3-11/h2-5,10,21H,6-9H2,1H3,(H2,17,19)(H,18,20). The van der Waals surface area contributed by atoms with Gasteiger partial charge in [-0.05, 0) is 55.9 Å². The molecule has 0 aliphatic heterocycles. The molecule has 1 aromatic carbocycles. The number of rotatable bonds is 3. The van der Waals surface area contributed by atoms with Gasteiger partial charge in [-0.15, -0.1) is 0 Å². The molecule has 0 radical (unpaired) electrons. The van der Waals surface area contributed by atoms with Crippen LogP contribution < -0.4 is 11.1 Å². The first-order valence-corrected chi connectivity index (χ1v) is 7.03. The number of carbonyl (C=O) groups is 1. The summed E-state index contributed by atoms with van der Waals surface area (Å²) in [6.45, 7) is 2.14. The fourth-order valence-corrected chi connectivity index (χ4v) is 2.69. The van der Waals surface area contributed by atoms with Crippen LogP contribution >= 0.6 is 0 Å². The van der Waals surface area contributed by atoms with Crippen LogP contribution in [0.15, 0.2) is 29.4 Å². The maximum atomic E-state index is 12.9. The van der Waals surface area contributed by atoms with E-state index < -0.39 is 11.4 Å². The monoisotopic (exact) mass is 293 g/mol. The Hall–Kier alpha value is -2.11. The Balaban J connectivity index is 2.19. The topological polar surface area (TPSA) is 87.7 Å². The van der Waals surface area contributed by atoms with E-state index in [0.717, 1.165) is 12.8 Å². The highest BCUT2D eigenvalue weighted by Gasteiger charge is 2.39. The molecule has 0 atom stereocenters. The van der Waals surface area contributed by atoms with Crippen LogP contribution in [0, 0.1) is 11.7 Å². The highest BCUT2D eigenvalue weighted by atomic mass is 19.1. The van der Waals surface area contributed by atoms with Gasteiger partial charge in [0.1, 0.15) is 11.4 Å². The minimum Gasteiger partial charge on any atom is -0.409 e. The van der Waals surface area contributed by atoms with Crippen LogP contribution in [0.25, 0.3) is 0 Å². The van der Waals surface area contributed by atoms with E-state index in [4.69, 9.17) is 10.9 Å². The summed E-state index contributed by atoms with van der Waals surface area (Å²) in [4.78, 5) is 12.3. The number of carbonyl (C=O) groups excluding carboxylic acids is 1. The van der Waals surface area contributed by atoms with Gasteiger partial charge >= 0.3 is 0 Å². The van der Waals surface area contributed by atoms with Gasteiger partial charge in [-0.1, -0.05) is 12.1 Å². The van der Waals surface area contributed by atoms with E-state index >= 15 is 0 Å². The summed E-state index contributed by atoms with van der Waals surface area (Å²) in [5.41, 5.74) is 5.32. The van der Waals surface area contributed by atoms with Crippen molar-refractivity contribution in [1.29, 1.82) is 0 Å². The molecule has 4 N–H and O–H groups in total. The van der Waals surface area contributed by atoms with Gasteiger partial charge in [0.15, 0.2) is 5.84 Å². The molecule has 1 amide bonds. The molecule has 0 spiro atoms. The van der Waals surface area contributed by atoms with Gasteiger partial charge in [0.05, 0.1) is 0 Å². The first kappa shape index (κ1) is 15.3. The molecule has 0 heterocycles. The van der Waals surface area contributed by atoms with Gasteiger partial charge in [-0.2, -0.15) is 0 Å². The maximum absolute atomic E-state index is 12.9. The SMILES string of the molecule is CC1CCC(NC(=O)c2ccc(F)cc2)(/C(N)=N/O)CC1. The number of benzene rings is 1. The molecule has 5 nitrogen and oxygen atoms in total. The number of nitrogens with one attached hydrogen (secondary N) is 1. The molecule has 1 aromatic rings. The summed E-state index contributed by atoms with van der Waals surface area (Å²) < 4.78 is 12.9. The van der Waals surface area contributed by atoms with Crippen LogP contribution in [0.4, 0.5) is 4.39 Å². The van der Waals surface area contributed by atoms with E-state index in [2.05, 4.69) is 17.4 Å². The lowest BCUT2D eigenvalue weighted by molar-refractivity contribution is 0.0897. The Labute approximate surface area is 123 Å². The smallest absolute Gasteiger partial charge is 0.252 e. The molecule has 1 aliphatic carbocycles. The molecule has 0 saturated heterocycles. The quantitative estimate of drug-likeness (QED) is 0.346. The number of amides is 1. The molecule has 1 saturated carbocycles. The lowest BCUT2D eigenvalue weighted by atomic mass is 9.76. The number of oxime groups is 1. The first-order valence-electron chi connectivity index (χ1n) is 7.03. The largest absolute Gasteiger partial charge is 0.409 e.